The fraction of sp³-hybridized carbons (Fsp3) is 0.341. The number of esters is 1. The molecular weight excluding hydrogens is 621 g/mol. The molecule has 0 N–H and O–H groups in total. The largest absolute Gasteiger partial charge is 0.427 e. The van der Waals surface area contributed by atoms with E-state index in [1.165, 1.54) is 61.2 Å². The first-order valence-corrected chi connectivity index (χ1v) is 18.6. The van der Waals surface area contributed by atoms with Crippen LogP contribution in [-0.2, 0) is 11.2 Å². The quantitative estimate of drug-likeness (QED) is 0.0594. The molecule has 0 fully saturated rings. The minimum Gasteiger partial charge on any atom is -0.427 e. The van der Waals surface area contributed by atoms with Crippen molar-refractivity contribution in [3.8, 4) is 5.75 Å². The summed E-state index contributed by atoms with van der Waals surface area (Å²) >= 11 is 2.96. The Morgan fingerprint density at radius 2 is 1.21 bits per heavy atom. The van der Waals surface area contributed by atoms with Crippen molar-refractivity contribution >= 4 is 41.1 Å². The second kappa shape index (κ2) is 17.0. The molecule has 1 aliphatic carbocycles. The minimum atomic E-state index is -0.221. The predicted octanol–water partition coefficient (Wildman–Crippen LogP) is 11.4. The van der Waals surface area contributed by atoms with E-state index in [2.05, 4.69) is 45.0 Å². The molecular formula is C41H44O4S2. The van der Waals surface area contributed by atoms with Gasteiger partial charge in [0, 0.05) is 48.3 Å². The van der Waals surface area contributed by atoms with Crippen molar-refractivity contribution in [1.29, 1.82) is 0 Å². The molecule has 5 rings (SSSR count). The first-order chi connectivity index (χ1) is 22.9. The highest BCUT2D eigenvalue weighted by molar-refractivity contribution is 7.99. The third kappa shape index (κ3) is 9.05. The lowest BCUT2D eigenvalue weighted by Crippen LogP contribution is -2.22. The summed E-state index contributed by atoms with van der Waals surface area (Å²) in [6.45, 7) is 6.58. The monoisotopic (exact) mass is 664 g/mol. The highest BCUT2D eigenvalue weighted by Gasteiger charge is 2.33. The van der Waals surface area contributed by atoms with Crippen molar-refractivity contribution in [3.63, 3.8) is 0 Å². The molecule has 47 heavy (non-hydrogen) atoms. The predicted molar refractivity (Wildman–Crippen MR) is 192 cm³/mol. The molecule has 1 aliphatic rings. The van der Waals surface area contributed by atoms with E-state index in [0.717, 1.165) is 45.3 Å². The average molecular weight is 665 g/mol. The number of benzene rings is 4. The molecule has 0 bridgehead atoms. The molecule has 4 aromatic rings. The zero-order chi connectivity index (χ0) is 33.2. The molecule has 0 saturated heterocycles. The minimum absolute atomic E-state index is 0.126. The highest BCUT2D eigenvalue weighted by atomic mass is 32.2. The number of carbonyl (C=O) groups excluding carboxylic acids is 3. The van der Waals surface area contributed by atoms with Gasteiger partial charge in [-0.3, -0.25) is 14.4 Å². The number of carbonyl (C=O) groups is 3. The van der Waals surface area contributed by atoms with E-state index in [0.29, 0.717) is 40.3 Å². The Kier molecular flexibility index (Phi) is 12.5. The van der Waals surface area contributed by atoms with Gasteiger partial charge in [0.15, 0.2) is 11.6 Å². The van der Waals surface area contributed by atoms with Crippen molar-refractivity contribution in [2.75, 3.05) is 0 Å². The van der Waals surface area contributed by atoms with Gasteiger partial charge < -0.3 is 4.74 Å². The lowest BCUT2D eigenvalue weighted by Gasteiger charge is -2.22. The fourth-order valence-electron chi connectivity index (χ4n) is 5.90. The van der Waals surface area contributed by atoms with Gasteiger partial charge in [-0.05, 0) is 79.3 Å². The van der Waals surface area contributed by atoms with Crippen LogP contribution >= 0.6 is 23.5 Å². The van der Waals surface area contributed by atoms with Crippen LogP contribution in [0.4, 0.5) is 0 Å². The van der Waals surface area contributed by atoms with Crippen LogP contribution in [-0.4, -0.2) is 17.5 Å². The average Bonchev–Trinajstić information content (AvgIpc) is 3.08. The molecule has 1 unspecified atom stereocenters. The van der Waals surface area contributed by atoms with Gasteiger partial charge in [-0.15, -0.1) is 0 Å². The second-order valence-corrected chi connectivity index (χ2v) is 14.6. The summed E-state index contributed by atoms with van der Waals surface area (Å²) in [5, 5.41) is 0. The molecule has 0 radical (unpaired) electrons. The summed E-state index contributed by atoms with van der Waals surface area (Å²) in [5.74, 6) is 0.524. The number of hydrogen-bond acceptors (Lipinski definition) is 6. The van der Waals surface area contributed by atoms with E-state index >= 15 is 0 Å². The van der Waals surface area contributed by atoms with Crippen LogP contribution in [0.2, 0.25) is 0 Å². The molecule has 0 heterocycles. The van der Waals surface area contributed by atoms with E-state index in [1.54, 1.807) is 24.3 Å². The lowest BCUT2D eigenvalue weighted by atomic mass is 9.84. The molecule has 0 saturated carbocycles. The van der Waals surface area contributed by atoms with Crippen molar-refractivity contribution in [2.45, 2.75) is 105 Å². The molecule has 0 aromatic heterocycles. The summed E-state index contributed by atoms with van der Waals surface area (Å²) in [4.78, 5) is 43.8. The molecule has 4 aromatic carbocycles. The molecule has 6 heteroatoms. The molecule has 4 nitrogen and oxygen atoms in total. The smallest absolute Gasteiger partial charge is 0.311 e. The van der Waals surface area contributed by atoms with Gasteiger partial charge in [-0.25, -0.2) is 0 Å². The van der Waals surface area contributed by atoms with Crippen LogP contribution in [0.3, 0.4) is 0 Å². The Balaban J connectivity index is 1.27. The summed E-state index contributed by atoms with van der Waals surface area (Å²) < 4.78 is 5.57. The van der Waals surface area contributed by atoms with Crippen molar-refractivity contribution in [3.05, 3.63) is 113 Å². The summed E-state index contributed by atoms with van der Waals surface area (Å²) in [6, 6.07) is 26.9. The topological polar surface area (TPSA) is 60.4 Å². The van der Waals surface area contributed by atoms with Crippen LogP contribution in [0, 0.1) is 5.92 Å². The number of fused-ring (bicyclic) bond motifs is 2. The number of rotatable bonds is 16. The molecule has 244 valence electrons. The summed E-state index contributed by atoms with van der Waals surface area (Å²) in [5.41, 5.74) is 3.12. The second-order valence-electron chi connectivity index (χ2n) is 12.4. The van der Waals surface area contributed by atoms with E-state index in [9.17, 15) is 14.4 Å². The zero-order valence-electron chi connectivity index (χ0n) is 27.7. The standard InChI is InChI=1S/C41H44O4S2/c1-4-6-8-9-13-29-19-23-31(24-20-29)46-35-16-10-14-33-38(35)40(43)34-15-11-17-36(39(34)41(33)44)47-32-25-21-30(22-26-32)45-37(42)27-18-28(3)12-7-5-2/h10-11,14-17,19-26,28H,4-9,12-13,18,27H2,1-3H3. The summed E-state index contributed by atoms with van der Waals surface area (Å²) in [7, 11) is 0. The van der Waals surface area contributed by atoms with Gasteiger partial charge in [0.25, 0.3) is 0 Å². The van der Waals surface area contributed by atoms with Crippen molar-refractivity contribution in [1.82, 2.24) is 0 Å². The van der Waals surface area contributed by atoms with Crippen molar-refractivity contribution < 1.29 is 19.1 Å². The van der Waals surface area contributed by atoms with Crippen LogP contribution in [0.1, 0.15) is 116 Å². The number of ether oxygens (including phenoxy) is 1. The Hall–Kier alpha value is -3.61. The normalized spacial score (nSPS) is 12.8. The zero-order valence-corrected chi connectivity index (χ0v) is 29.3. The van der Waals surface area contributed by atoms with Gasteiger partial charge in [0.05, 0.1) is 0 Å². The van der Waals surface area contributed by atoms with Crippen LogP contribution in [0.5, 0.6) is 5.75 Å². The number of hydrogen-bond donors (Lipinski definition) is 0. The maximum Gasteiger partial charge on any atom is 0.311 e. The first kappa shape index (κ1) is 34.7. The van der Waals surface area contributed by atoms with Crippen LogP contribution in [0.15, 0.2) is 105 Å². The SMILES string of the molecule is CCCCCCc1ccc(Sc2cccc3c2C(=O)c2cccc(Sc4ccc(OC(=O)CCC(C)CCCC)cc4)c2C3=O)cc1. The van der Waals surface area contributed by atoms with Gasteiger partial charge in [-0.1, -0.05) is 119 Å². The number of aryl methyl sites for hydroxylation is 1. The number of unbranched alkanes of at least 4 members (excludes halogenated alkanes) is 4. The molecule has 0 spiro atoms. The Morgan fingerprint density at radius 1 is 0.660 bits per heavy atom. The first-order valence-electron chi connectivity index (χ1n) is 17.0. The Bertz CT molecular complexity index is 1690. The van der Waals surface area contributed by atoms with E-state index < -0.39 is 0 Å². The van der Waals surface area contributed by atoms with Gasteiger partial charge >= 0.3 is 5.97 Å². The molecule has 0 aliphatic heterocycles. The van der Waals surface area contributed by atoms with E-state index in [-0.39, 0.29) is 17.5 Å². The van der Waals surface area contributed by atoms with Gasteiger partial charge in [0.2, 0.25) is 0 Å². The maximum absolute atomic E-state index is 14.0. The van der Waals surface area contributed by atoms with Gasteiger partial charge in [-0.2, -0.15) is 0 Å². The fourth-order valence-corrected chi connectivity index (χ4v) is 7.86. The van der Waals surface area contributed by atoms with Crippen LogP contribution < -0.4 is 4.74 Å². The lowest BCUT2D eigenvalue weighted by molar-refractivity contribution is -0.134. The van der Waals surface area contributed by atoms with E-state index in [1.807, 2.05) is 36.4 Å². The van der Waals surface area contributed by atoms with Crippen LogP contribution in [0.25, 0.3) is 0 Å². The van der Waals surface area contributed by atoms with Gasteiger partial charge in [0.1, 0.15) is 5.75 Å². The van der Waals surface area contributed by atoms with Crippen molar-refractivity contribution in [2.24, 2.45) is 5.92 Å². The number of ketones is 2. The van der Waals surface area contributed by atoms with E-state index in [4.69, 9.17) is 4.74 Å². The molecule has 1 atom stereocenters. The molecule has 0 amide bonds. The Morgan fingerprint density at radius 3 is 1.77 bits per heavy atom. The third-order valence-corrected chi connectivity index (χ3v) is 10.8. The maximum atomic E-state index is 14.0. The third-order valence-electron chi connectivity index (χ3n) is 8.64. The summed E-state index contributed by atoms with van der Waals surface area (Å²) in [6.07, 6.45) is 10.7. The Labute approximate surface area is 288 Å². The highest BCUT2D eigenvalue weighted by Crippen LogP contribution is 2.41.